The molecule has 0 atom stereocenters. The molecule has 0 aliphatic heterocycles. The molecule has 0 amide bonds. The van der Waals surface area contributed by atoms with Crippen molar-refractivity contribution in [3.8, 4) is 0 Å². The van der Waals surface area contributed by atoms with Crippen LogP contribution >= 0.6 is 22.6 Å². The second kappa shape index (κ2) is 5.49. The monoisotopic (exact) mass is 387 g/mol. The van der Waals surface area contributed by atoms with Gasteiger partial charge in [0.15, 0.2) is 5.69 Å². The normalized spacial score (nSPS) is 10.8. The zero-order chi connectivity index (χ0) is 15.0. The van der Waals surface area contributed by atoms with Gasteiger partial charge in [0.05, 0.1) is 24.3 Å². The van der Waals surface area contributed by atoms with Crippen LogP contribution in [-0.4, -0.2) is 9.78 Å². The van der Waals surface area contributed by atoms with Gasteiger partial charge in [-0.3, -0.25) is 4.68 Å². The molecule has 104 valence electrons. The van der Waals surface area contributed by atoms with E-state index in [2.05, 4.69) is 50.7 Å². The smallest absolute Gasteiger partial charge is 0.192 e. The highest BCUT2D eigenvalue weighted by atomic mass is 127. The second-order valence-corrected chi connectivity index (χ2v) is 6.33. The molecule has 0 N–H and O–H groups in total. The van der Waals surface area contributed by atoms with Crippen molar-refractivity contribution in [1.29, 1.82) is 0 Å². The fourth-order valence-electron chi connectivity index (χ4n) is 2.58. The Morgan fingerprint density at radius 3 is 2.81 bits per heavy atom. The Bertz CT molecular complexity index is 872. The molecule has 1 aromatic heterocycles. The molecule has 21 heavy (non-hydrogen) atoms. The molecule has 0 aliphatic rings. The number of aryl methyl sites for hydroxylation is 2. The fourth-order valence-corrected chi connectivity index (χ4v) is 3.06. The molecule has 0 fully saturated rings. The standard InChI is InChI=1S/C17H14IN3/c1-11-5-4-6-16(19-3)15(11)10-21-17-9-13(18)7-8-14(17)12(2)20-21/h4-9H,10H2,1-2H3. The average Bonchev–Trinajstić information content (AvgIpc) is 2.77. The van der Waals surface area contributed by atoms with E-state index in [0.717, 1.165) is 22.3 Å². The van der Waals surface area contributed by atoms with Crippen LogP contribution in [-0.2, 0) is 6.54 Å². The van der Waals surface area contributed by atoms with Gasteiger partial charge in [-0.25, -0.2) is 4.85 Å². The fraction of sp³-hybridized carbons (Fsp3) is 0.176. The number of halogens is 1. The van der Waals surface area contributed by atoms with E-state index in [-0.39, 0.29) is 0 Å². The van der Waals surface area contributed by atoms with Crippen molar-refractivity contribution in [2.45, 2.75) is 20.4 Å². The number of hydrogen-bond acceptors (Lipinski definition) is 1. The van der Waals surface area contributed by atoms with E-state index in [0.29, 0.717) is 12.2 Å². The van der Waals surface area contributed by atoms with Crippen molar-refractivity contribution >= 4 is 39.2 Å². The van der Waals surface area contributed by atoms with E-state index in [1.165, 1.54) is 8.96 Å². The molecule has 3 rings (SSSR count). The topological polar surface area (TPSA) is 22.2 Å². The lowest BCUT2D eigenvalue weighted by Gasteiger charge is -2.09. The van der Waals surface area contributed by atoms with E-state index in [1.54, 1.807) is 0 Å². The van der Waals surface area contributed by atoms with E-state index in [1.807, 2.05) is 36.7 Å². The van der Waals surface area contributed by atoms with Gasteiger partial charge in [0, 0.05) is 8.96 Å². The van der Waals surface area contributed by atoms with Gasteiger partial charge in [0.25, 0.3) is 0 Å². The van der Waals surface area contributed by atoms with Crippen LogP contribution in [0, 0.1) is 24.0 Å². The average molecular weight is 387 g/mol. The molecule has 0 unspecified atom stereocenters. The Morgan fingerprint density at radius 2 is 2.05 bits per heavy atom. The van der Waals surface area contributed by atoms with Gasteiger partial charge in [-0.05, 0) is 60.2 Å². The molecule has 2 aromatic carbocycles. The summed E-state index contributed by atoms with van der Waals surface area (Å²) in [4.78, 5) is 3.64. The van der Waals surface area contributed by atoms with Gasteiger partial charge in [-0.1, -0.05) is 23.8 Å². The van der Waals surface area contributed by atoms with E-state index in [9.17, 15) is 0 Å². The molecule has 0 aliphatic carbocycles. The Labute approximate surface area is 137 Å². The van der Waals surface area contributed by atoms with Crippen molar-refractivity contribution in [3.63, 3.8) is 0 Å². The largest absolute Gasteiger partial charge is 0.261 e. The summed E-state index contributed by atoms with van der Waals surface area (Å²) in [6, 6.07) is 12.2. The first-order valence-electron chi connectivity index (χ1n) is 6.69. The number of fused-ring (bicyclic) bond motifs is 1. The number of nitrogens with zero attached hydrogens (tertiary/aromatic N) is 3. The summed E-state index contributed by atoms with van der Waals surface area (Å²) in [6.45, 7) is 12.1. The van der Waals surface area contributed by atoms with Gasteiger partial charge >= 0.3 is 0 Å². The van der Waals surface area contributed by atoms with Crippen molar-refractivity contribution in [2.75, 3.05) is 0 Å². The predicted molar refractivity (Wildman–Crippen MR) is 93.7 cm³/mol. The highest BCUT2D eigenvalue weighted by Crippen LogP contribution is 2.26. The number of hydrogen-bond donors (Lipinski definition) is 0. The number of benzene rings is 2. The minimum absolute atomic E-state index is 0.634. The second-order valence-electron chi connectivity index (χ2n) is 5.09. The Balaban J connectivity index is 2.16. The van der Waals surface area contributed by atoms with Gasteiger partial charge in [0.2, 0.25) is 0 Å². The first kappa shape index (κ1) is 14.1. The summed E-state index contributed by atoms with van der Waals surface area (Å²) in [5.74, 6) is 0. The predicted octanol–water partition coefficient (Wildman–Crippen LogP) is 4.86. The first-order chi connectivity index (χ1) is 10.1. The molecule has 0 saturated carbocycles. The third kappa shape index (κ3) is 2.54. The van der Waals surface area contributed by atoms with E-state index >= 15 is 0 Å². The summed E-state index contributed by atoms with van der Waals surface area (Å²) in [6.07, 6.45) is 0. The minimum Gasteiger partial charge on any atom is -0.261 e. The van der Waals surface area contributed by atoms with Crippen LogP contribution in [0.15, 0.2) is 36.4 Å². The zero-order valence-corrected chi connectivity index (χ0v) is 14.0. The molecule has 3 aromatic rings. The van der Waals surface area contributed by atoms with E-state index in [4.69, 9.17) is 6.57 Å². The molecular formula is C17H14IN3. The SMILES string of the molecule is [C-]#[N+]c1cccc(C)c1Cn1nc(C)c2ccc(I)cc21. The molecule has 1 heterocycles. The lowest BCUT2D eigenvalue weighted by atomic mass is 10.1. The van der Waals surface area contributed by atoms with Crippen molar-refractivity contribution < 1.29 is 0 Å². The van der Waals surface area contributed by atoms with Crippen LogP contribution in [0.1, 0.15) is 16.8 Å². The van der Waals surface area contributed by atoms with Crippen LogP contribution in [0.2, 0.25) is 0 Å². The van der Waals surface area contributed by atoms with Gasteiger partial charge in [0.1, 0.15) is 0 Å². The van der Waals surface area contributed by atoms with Crippen molar-refractivity contribution in [1.82, 2.24) is 9.78 Å². The van der Waals surface area contributed by atoms with Crippen molar-refractivity contribution in [3.05, 3.63) is 68.2 Å². The van der Waals surface area contributed by atoms with Crippen LogP contribution in [0.5, 0.6) is 0 Å². The van der Waals surface area contributed by atoms with Crippen LogP contribution in [0.4, 0.5) is 5.69 Å². The maximum atomic E-state index is 7.34. The third-order valence-electron chi connectivity index (χ3n) is 3.71. The molecule has 3 nitrogen and oxygen atoms in total. The van der Waals surface area contributed by atoms with Crippen LogP contribution in [0.3, 0.4) is 0 Å². The highest BCUT2D eigenvalue weighted by Gasteiger charge is 2.11. The van der Waals surface area contributed by atoms with Crippen LogP contribution < -0.4 is 0 Å². The summed E-state index contributed by atoms with van der Waals surface area (Å²) < 4.78 is 3.19. The Morgan fingerprint density at radius 1 is 1.24 bits per heavy atom. The molecular weight excluding hydrogens is 373 g/mol. The third-order valence-corrected chi connectivity index (χ3v) is 4.38. The molecule has 0 radical (unpaired) electrons. The quantitative estimate of drug-likeness (QED) is 0.455. The summed E-state index contributed by atoms with van der Waals surface area (Å²) in [5.41, 5.74) is 5.05. The van der Waals surface area contributed by atoms with Crippen molar-refractivity contribution in [2.24, 2.45) is 0 Å². The summed E-state index contributed by atoms with van der Waals surface area (Å²) >= 11 is 2.32. The lowest BCUT2D eigenvalue weighted by Crippen LogP contribution is -2.03. The zero-order valence-electron chi connectivity index (χ0n) is 11.9. The minimum atomic E-state index is 0.634. The first-order valence-corrected chi connectivity index (χ1v) is 7.76. The maximum absolute atomic E-state index is 7.34. The van der Waals surface area contributed by atoms with E-state index < -0.39 is 0 Å². The van der Waals surface area contributed by atoms with Gasteiger partial charge < -0.3 is 0 Å². The summed E-state index contributed by atoms with van der Waals surface area (Å²) in [5, 5.41) is 5.83. The Hall–Kier alpha value is -1.87. The lowest BCUT2D eigenvalue weighted by molar-refractivity contribution is 0.702. The summed E-state index contributed by atoms with van der Waals surface area (Å²) in [7, 11) is 0. The van der Waals surface area contributed by atoms with Crippen LogP contribution in [0.25, 0.3) is 15.7 Å². The molecule has 4 heteroatoms. The highest BCUT2D eigenvalue weighted by molar-refractivity contribution is 14.1. The number of aromatic nitrogens is 2. The van der Waals surface area contributed by atoms with Gasteiger partial charge in [-0.2, -0.15) is 5.10 Å². The number of rotatable bonds is 2. The van der Waals surface area contributed by atoms with Gasteiger partial charge in [-0.15, -0.1) is 0 Å². The Kier molecular flexibility index (Phi) is 3.68. The molecule has 0 spiro atoms. The molecule has 0 saturated heterocycles. The molecule has 0 bridgehead atoms. The maximum Gasteiger partial charge on any atom is 0.192 e.